The summed E-state index contributed by atoms with van der Waals surface area (Å²) >= 11 is 4.28. The van der Waals surface area contributed by atoms with Crippen LogP contribution in [0.1, 0.15) is 0 Å². The van der Waals surface area contributed by atoms with Crippen LogP contribution in [0.3, 0.4) is 0 Å². The average molecular weight is 119 g/mol. The standard InChI is InChI=1S/C3H5NO2S/c5-1-4(2-6)3-7/h1,3,6H,2H2. The molecule has 0 radical (unpaired) electrons. The van der Waals surface area contributed by atoms with Crippen LogP contribution in [-0.4, -0.2) is 28.6 Å². The molecule has 1 amide bonds. The Morgan fingerprint density at radius 2 is 2.43 bits per heavy atom. The molecule has 40 valence electrons. The highest BCUT2D eigenvalue weighted by atomic mass is 32.1. The van der Waals surface area contributed by atoms with E-state index in [9.17, 15) is 4.79 Å². The summed E-state index contributed by atoms with van der Waals surface area (Å²) < 4.78 is 0. The summed E-state index contributed by atoms with van der Waals surface area (Å²) in [6.07, 6.45) is 0.451. The van der Waals surface area contributed by atoms with Crippen molar-refractivity contribution < 1.29 is 9.90 Å². The zero-order valence-corrected chi connectivity index (χ0v) is 4.39. The molecule has 0 rings (SSSR count). The summed E-state index contributed by atoms with van der Waals surface area (Å²) in [6, 6.07) is 0. The number of aliphatic hydroxyl groups excluding tert-OH is 1. The molecule has 0 atom stereocenters. The van der Waals surface area contributed by atoms with Gasteiger partial charge in [0.15, 0.2) is 0 Å². The molecule has 3 nitrogen and oxygen atoms in total. The first-order chi connectivity index (χ1) is 3.35. The Hall–Kier alpha value is -0.480. The molecule has 0 aliphatic carbocycles. The quantitative estimate of drug-likeness (QED) is 0.305. The van der Waals surface area contributed by atoms with Gasteiger partial charge in [0.05, 0.1) is 5.49 Å². The van der Waals surface area contributed by atoms with Gasteiger partial charge in [0.25, 0.3) is 0 Å². The number of thiocarbonyl (C=S) groups is 1. The highest BCUT2D eigenvalue weighted by molar-refractivity contribution is 7.78. The maximum absolute atomic E-state index is 9.64. The van der Waals surface area contributed by atoms with E-state index in [0.717, 1.165) is 10.4 Å². The van der Waals surface area contributed by atoms with Crippen molar-refractivity contribution in [3.05, 3.63) is 0 Å². The molecule has 0 saturated carbocycles. The van der Waals surface area contributed by atoms with E-state index in [1.807, 2.05) is 0 Å². The van der Waals surface area contributed by atoms with E-state index in [1.54, 1.807) is 0 Å². The predicted octanol–water partition coefficient (Wildman–Crippen LogP) is -0.648. The third-order valence-corrected chi connectivity index (χ3v) is 0.705. The van der Waals surface area contributed by atoms with Crippen LogP contribution in [0.25, 0.3) is 0 Å². The highest BCUT2D eigenvalue weighted by Crippen LogP contribution is 1.68. The van der Waals surface area contributed by atoms with Gasteiger partial charge < -0.3 is 5.11 Å². The van der Waals surface area contributed by atoms with Crippen LogP contribution in [0.5, 0.6) is 0 Å². The van der Waals surface area contributed by atoms with E-state index in [1.165, 1.54) is 0 Å². The zero-order valence-electron chi connectivity index (χ0n) is 3.57. The molecule has 1 N–H and O–H groups in total. The number of hydrogen-bond acceptors (Lipinski definition) is 3. The van der Waals surface area contributed by atoms with E-state index >= 15 is 0 Å². The molecule has 0 aliphatic heterocycles. The van der Waals surface area contributed by atoms with Crippen LogP contribution in [0.15, 0.2) is 0 Å². The Labute approximate surface area is 46.5 Å². The molecule has 0 aromatic rings. The molecule has 0 aliphatic rings. The fourth-order valence-electron chi connectivity index (χ4n) is 0.0915. The third kappa shape index (κ3) is 2.24. The highest BCUT2D eigenvalue weighted by Gasteiger charge is 1.86. The largest absolute Gasteiger partial charge is 0.376 e. The summed E-state index contributed by atoms with van der Waals surface area (Å²) in [6.45, 7) is -0.340. The monoisotopic (exact) mass is 119 g/mol. The van der Waals surface area contributed by atoms with Gasteiger partial charge in [-0.15, -0.1) is 0 Å². The van der Waals surface area contributed by atoms with Crippen LogP contribution < -0.4 is 0 Å². The summed E-state index contributed by atoms with van der Waals surface area (Å²) in [5.41, 5.74) is 1.08. The van der Waals surface area contributed by atoms with Crippen LogP contribution in [0.4, 0.5) is 0 Å². The fourth-order valence-corrected chi connectivity index (χ4v) is 0.208. The van der Waals surface area contributed by atoms with Crippen molar-refractivity contribution in [1.29, 1.82) is 0 Å². The van der Waals surface area contributed by atoms with Crippen LogP contribution >= 0.6 is 12.2 Å². The van der Waals surface area contributed by atoms with Crippen molar-refractivity contribution in [2.75, 3.05) is 6.73 Å². The normalized spacial score (nSPS) is 7.57. The lowest BCUT2D eigenvalue weighted by Crippen LogP contribution is -2.18. The van der Waals surface area contributed by atoms with E-state index < -0.39 is 0 Å². The van der Waals surface area contributed by atoms with Crippen molar-refractivity contribution in [1.82, 2.24) is 4.90 Å². The van der Waals surface area contributed by atoms with E-state index in [-0.39, 0.29) is 6.73 Å². The average Bonchev–Trinajstić information content (AvgIpc) is 1.72. The van der Waals surface area contributed by atoms with Gasteiger partial charge in [-0.05, 0) is 0 Å². The minimum atomic E-state index is -0.340. The van der Waals surface area contributed by atoms with Crippen molar-refractivity contribution in [2.24, 2.45) is 0 Å². The van der Waals surface area contributed by atoms with Crippen molar-refractivity contribution in [2.45, 2.75) is 0 Å². The molecule has 0 unspecified atom stereocenters. The third-order valence-electron chi connectivity index (χ3n) is 0.434. The molecule has 0 saturated heterocycles. The number of aliphatic hydroxyl groups is 1. The predicted molar refractivity (Wildman–Crippen MR) is 28.6 cm³/mol. The molecule has 0 bridgehead atoms. The van der Waals surface area contributed by atoms with Gasteiger partial charge in [-0.25, -0.2) is 0 Å². The second kappa shape index (κ2) is 3.70. The van der Waals surface area contributed by atoms with E-state index in [4.69, 9.17) is 5.11 Å². The molecular weight excluding hydrogens is 114 g/mol. The summed E-state index contributed by atoms with van der Waals surface area (Å²) in [7, 11) is 0. The first-order valence-corrected chi connectivity index (χ1v) is 2.09. The lowest BCUT2D eigenvalue weighted by Gasteiger charge is -2.01. The lowest BCUT2D eigenvalue weighted by molar-refractivity contribution is -0.116. The first kappa shape index (κ1) is 6.52. The van der Waals surface area contributed by atoms with Gasteiger partial charge >= 0.3 is 0 Å². The Morgan fingerprint density at radius 1 is 1.86 bits per heavy atom. The maximum atomic E-state index is 9.64. The van der Waals surface area contributed by atoms with Crippen LogP contribution in [0.2, 0.25) is 0 Å². The maximum Gasteiger partial charge on any atom is 0.216 e. The molecule has 0 aromatic carbocycles. The SMILES string of the molecule is O=CN(C=S)CO. The number of hydrogen-bond donors (Lipinski definition) is 1. The van der Waals surface area contributed by atoms with Crippen molar-refractivity contribution in [3.63, 3.8) is 0 Å². The smallest absolute Gasteiger partial charge is 0.216 e. The summed E-state index contributed by atoms with van der Waals surface area (Å²) in [5, 5.41) is 8.12. The number of amides is 1. The first-order valence-electron chi connectivity index (χ1n) is 1.62. The van der Waals surface area contributed by atoms with Crippen LogP contribution in [-0.2, 0) is 4.79 Å². The van der Waals surface area contributed by atoms with Crippen LogP contribution in [0, 0.1) is 0 Å². The molecule has 4 heteroatoms. The van der Waals surface area contributed by atoms with Gasteiger partial charge in [0.2, 0.25) is 6.41 Å². The van der Waals surface area contributed by atoms with Gasteiger partial charge in [0.1, 0.15) is 6.73 Å². The van der Waals surface area contributed by atoms with Gasteiger partial charge in [0, 0.05) is 0 Å². The molecule has 0 heterocycles. The Kier molecular flexibility index (Phi) is 3.45. The van der Waals surface area contributed by atoms with Gasteiger partial charge in [-0.2, -0.15) is 0 Å². The molecule has 0 fully saturated rings. The second-order valence-electron chi connectivity index (χ2n) is 0.866. The Bertz CT molecular complexity index is 67.3. The molecule has 0 aromatic heterocycles. The van der Waals surface area contributed by atoms with E-state index in [0.29, 0.717) is 6.41 Å². The van der Waals surface area contributed by atoms with Crippen molar-refractivity contribution in [3.8, 4) is 0 Å². The second-order valence-corrected chi connectivity index (χ2v) is 1.08. The summed E-state index contributed by atoms with van der Waals surface area (Å²) in [4.78, 5) is 10.6. The van der Waals surface area contributed by atoms with Gasteiger partial charge in [-0.1, -0.05) is 12.2 Å². The Balaban J connectivity index is 3.36. The zero-order chi connectivity index (χ0) is 5.70. The molecular formula is C3H5NO2S. The topological polar surface area (TPSA) is 40.5 Å². The number of carbonyl (C=O) groups is 1. The molecule has 0 spiro atoms. The molecule has 7 heavy (non-hydrogen) atoms. The van der Waals surface area contributed by atoms with Crippen molar-refractivity contribution >= 4 is 24.1 Å². The lowest BCUT2D eigenvalue weighted by atomic mass is 10.9. The number of nitrogens with zero attached hydrogens (tertiary/aromatic N) is 1. The Morgan fingerprint density at radius 3 is 2.43 bits per heavy atom. The fraction of sp³-hybridized carbons (Fsp3) is 0.333. The van der Waals surface area contributed by atoms with Gasteiger partial charge in [-0.3, -0.25) is 9.69 Å². The number of rotatable bonds is 3. The minimum Gasteiger partial charge on any atom is -0.376 e. The summed E-state index contributed by atoms with van der Waals surface area (Å²) in [5.74, 6) is 0. The minimum absolute atomic E-state index is 0.340. The number of carbonyl (C=O) groups excluding carboxylic acids is 1. The van der Waals surface area contributed by atoms with E-state index in [2.05, 4.69) is 12.2 Å².